The Bertz CT molecular complexity index is 1350. The molecule has 6 heteroatoms. The zero-order valence-corrected chi connectivity index (χ0v) is 22.7. The lowest BCUT2D eigenvalue weighted by Crippen LogP contribution is -2.20. The monoisotopic (exact) mass is 560 g/mol. The average Bonchev–Trinajstić information content (AvgIpc) is 2.95. The highest BCUT2D eigenvalue weighted by molar-refractivity contribution is 9.10. The smallest absolute Gasteiger partial charge is 0.162 e. The molecule has 2 atom stereocenters. The fourth-order valence-electron chi connectivity index (χ4n) is 4.72. The molecular formula is C31H29BrO5. The van der Waals surface area contributed by atoms with E-state index in [1.165, 1.54) is 5.56 Å². The molecule has 0 amide bonds. The number of hydrogen-bond acceptors (Lipinski definition) is 5. The first-order valence-electron chi connectivity index (χ1n) is 12.1. The summed E-state index contributed by atoms with van der Waals surface area (Å²) in [6.45, 7) is 0.453. The molecule has 37 heavy (non-hydrogen) atoms. The molecule has 0 aromatic heterocycles. The molecule has 0 bridgehead atoms. The molecule has 4 aromatic rings. The minimum atomic E-state index is -0.185. The summed E-state index contributed by atoms with van der Waals surface area (Å²) in [4.78, 5) is 0. The molecule has 5 rings (SSSR count). The Morgan fingerprint density at radius 3 is 2.19 bits per heavy atom. The molecule has 0 fully saturated rings. The van der Waals surface area contributed by atoms with Gasteiger partial charge in [-0.05, 0) is 69.4 Å². The van der Waals surface area contributed by atoms with E-state index in [1.54, 1.807) is 21.3 Å². The van der Waals surface area contributed by atoms with Gasteiger partial charge in [0, 0.05) is 17.5 Å². The topological polar surface area (TPSA) is 46.2 Å². The fourth-order valence-corrected chi connectivity index (χ4v) is 5.24. The van der Waals surface area contributed by atoms with E-state index in [9.17, 15) is 0 Å². The van der Waals surface area contributed by atoms with Crippen LogP contribution in [0, 0.1) is 0 Å². The van der Waals surface area contributed by atoms with E-state index in [2.05, 4.69) is 34.1 Å². The minimum Gasteiger partial charge on any atom is -0.497 e. The lowest BCUT2D eigenvalue weighted by Gasteiger charge is -2.33. The predicted octanol–water partition coefficient (Wildman–Crippen LogP) is 7.71. The van der Waals surface area contributed by atoms with Gasteiger partial charge in [0.2, 0.25) is 0 Å². The second kappa shape index (κ2) is 11.2. The molecule has 1 aliphatic heterocycles. The van der Waals surface area contributed by atoms with Crippen LogP contribution in [0.5, 0.6) is 28.7 Å². The van der Waals surface area contributed by atoms with Crippen LogP contribution in [0.2, 0.25) is 0 Å². The Morgan fingerprint density at radius 2 is 1.49 bits per heavy atom. The fraction of sp³-hybridized carbons (Fsp3) is 0.226. The number of methoxy groups -OCH3 is 3. The lowest BCUT2D eigenvalue weighted by atomic mass is 9.82. The van der Waals surface area contributed by atoms with Crippen molar-refractivity contribution in [3.05, 3.63) is 112 Å². The zero-order valence-electron chi connectivity index (χ0n) is 21.1. The van der Waals surface area contributed by atoms with E-state index in [-0.39, 0.29) is 12.0 Å². The van der Waals surface area contributed by atoms with E-state index < -0.39 is 0 Å². The van der Waals surface area contributed by atoms with Crippen molar-refractivity contribution in [2.45, 2.75) is 25.0 Å². The summed E-state index contributed by atoms with van der Waals surface area (Å²) in [7, 11) is 4.99. The molecule has 0 saturated carbocycles. The number of benzene rings is 4. The molecule has 0 saturated heterocycles. The first kappa shape index (κ1) is 25.0. The molecule has 0 unspecified atom stereocenters. The van der Waals surface area contributed by atoms with Crippen molar-refractivity contribution in [2.75, 3.05) is 21.3 Å². The average molecular weight is 561 g/mol. The molecule has 1 aliphatic rings. The maximum atomic E-state index is 6.58. The summed E-state index contributed by atoms with van der Waals surface area (Å²) < 4.78 is 30.2. The summed E-state index contributed by atoms with van der Waals surface area (Å²) in [6.07, 6.45) is 0.582. The van der Waals surface area contributed by atoms with Crippen LogP contribution < -0.4 is 23.7 Å². The lowest BCUT2D eigenvalue weighted by molar-refractivity contribution is 0.166. The highest BCUT2D eigenvalue weighted by atomic mass is 79.9. The maximum Gasteiger partial charge on any atom is 0.162 e. The van der Waals surface area contributed by atoms with Crippen LogP contribution in [0.4, 0.5) is 0 Å². The summed E-state index contributed by atoms with van der Waals surface area (Å²) in [5.41, 5.74) is 4.43. The van der Waals surface area contributed by atoms with Crippen LogP contribution in [0.15, 0.2) is 89.4 Å². The molecule has 5 nitrogen and oxygen atoms in total. The Morgan fingerprint density at radius 1 is 0.757 bits per heavy atom. The molecule has 190 valence electrons. The third-order valence-corrected chi connectivity index (χ3v) is 7.31. The quantitative estimate of drug-likeness (QED) is 0.221. The number of ether oxygens (including phenoxy) is 5. The summed E-state index contributed by atoms with van der Waals surface area (Å²) in [6, 6.07) is 28.4. The van der Waals surface area contributed by atoms with Gasteiger partial charge in [0.25, 0.3) is 0 Å². The summed E-state index contributed by atoms with van der Waals surface area (Å²) >= 11 is 3.65. The van der Waals surface area contributed by atoms with Gasteiger partial charge < -0.3 is 23.7 Å². The van der Waals surface area contributed by atoms with Crippen molar-refractivity contribution >= 4 is 15.9 Å². The van der Waals surface area contributed by atoms with Gasteiger partial charge in [-0.25, -0.2) is 0 Å². The van der Waals surface area contributed by atoms with Crippen molar-refractivity contribution in [3.63, 3.8) is 0 Å². The minimum absolute atomic E-state index is 0.123. The first-order chi connectivity index (χ1) is 18.1. The molecule has 4 aromatic carbocycles. The van der Waals surface area contributed by atoms with Gasteiger partial charge in [-0.15, -0.1) is 0 Å². The Hall–Kier alpha value is -3.64. The standard InChI is InChI=1S/C31H29BrO5/c1-33-23-12-9-21(10-13-23)24-17-28(37-29-18-30(35-3)26(32)16-25(24)29)22-11-14-27(34-2)31(15-22)36-19-20-7-5-4-6-8-20/h4-16,18,24,28H,17,19H2,1-3H3/t24-,28+/m0/s1. The highest BCUT2D eigenvalue weighted by Crippen LogP contribution is 2.49. The third kappa shape index (κ3) is 5.39. The van der Waals surface area contributed by atoms with Crippen molar-refractivity contribution in [1.29, 1.82) is 0 Å². The molecule has 0 radical (unpaired) electrons. The van der Waals surface area contributed by atoms with Gasteiger partial charge in [0.1, 0.15) is 30.0 Å². The van der Waals surface area contributed by atoms with Gasteiger partial charge in [-0.3, -0.25) is 0 Å². The number of halogens is 1. The summed E-state index contributed by atoms with van der Waals surface area (Å²) in [5.74, 6) is 3.87. The Labute approximate surface area is 226 Å². The Kier molecular flexibility index (Phi) is 7.56. The van der Waals surface area contributed by atoms with Crippen LogP contribution >= 0.6 is 15.9 Å². The second-order valence-corrected chi connectivity index (χ2v) is 9.73. The predicted molar refractivity (Wildman–Crippen MR) is 147 cm³/mol. The van der Waals surface area contributed by atoms with E-state index in [4.69, 9.17) is 23.7 Å². The van der Waals surface area contributed by atoms with E-state index in [0.29, 0.717) is 18.1 Å². The van der Waals surface area contributed by atoms with Crippen molar-refractivity contribution in [1.82, 2.24) is 0 Å². The van der Waals surface area contributed by atoms with Crippen LogP contribution in [0.1, 0.15) is 40.7 Å². The maximum absolute atomic E-state index is 6.58. The summed E-state index contributed by atoms with van der Waals surface area (Å²) in [5, 5.41) is 0. The van der Waals surface area contributed by atoms with Gasteiger partial charge in [0.05, 0.1) is 25.8 Å². The number of hydrogen-bond donors (Lipinski definition) is 0. The van der Waals surface area contributed by atoms with Gasteiger partial charge in [-0.1, -0.05) is 48.5 Å². The van der Waals surface area contributed by atoms with E-state index in [0.717, 1.165) is 44.8 Å². The zero-order chi connectivity index (χ0) is 25.8. The molecular weight excluding hydrogens is 532 g/mol. The van der Waals surface area contributed by atoms with E-state index in [1.807, 2.05) is 66.7 Å². The van der Waals surface area contributed by atoms with Crippen molar-refractivity contribution in [2.24, 2.45) is 0 Å². The first-order valence-corrected chi connectivity index (χ1v) is 12.9. The van der Waals surface area contributed by atoms with Crippen molar-refractivity contribution < 1.29 is 23.7 Å². The molecule has 0 spiro atoms. The largest absolute Gasteiger partial charge is 0.497 e. The second-order valence-electron chi connectivity index (χ2n) is 8.88. The number of rotatable bonds is 8. The van der Waals surface area contributed by atoms with Crippen LogP contribution in [0.3, 0.4) is 0 Å². The number of fused-ring (bicyclic) bond motifs is 1. The third-order valence-electron chi connectivity index (χ3n) is 6.69. The van der Waals surface area contributed by atoms with Gasteiger partial charge in [-0.2, -0.15) is 0 Å². The van der Waals surface area contributed by atoms with Gasteiger partial charge in [0.15, 0.2) is 11.5 Å². The van der Waals surface area contributed by atoms with E-state index >= 15 is 0 Å². The van der Waals surface area contributed by atoms with Crippen LogP contribution in [-0.4, -0.2) is 21.3 Å². The van der Waals surface area contributed by atoms with Crippen LogP contribution in [0.25, 0.3) is 0 Å². The van der Waals surface area contributed by atoms with Crippen molar-refractivity contribution in [3.8, 4) is 28.7 Å². The normalized spacial score (nSPS) is 16.3. The molecule has 0 N–H and O–H groups in total. The Balaban J connectivity index is 1.50. The van der Waals surface area contributed by atoms with Gasteiger partial charge >= 0.3 is 0 Å². The van der Waals surface area contributed by atoms with Crippen LogP contribution in [-0.2, 0) is 6.61 Å². The highest BCUT2D eigenvalue weighted by Gasteiger charge is 2.32. The molecule has 0 aliphatic carbocycles. The SMILES string of the molecule is COc1ccc([C@@H]2C[C@H](c3ccc(OC)c(OCc4ccccc4)c3)Oc3cc(OC)c(Br)cc32)cc1. The molecule has 1 heterocycles.